The number of halogens is 3. The maximum atomic E-state index is 13.4. The second-order valence-corrected chi connectivity index (χ2v) is 4.99. The van der Waals surface area contributed by atoms with Crippen LogP contribution in [0.1, 0.15) is 12.8 Å². The smallest absolute Gasteiger partial charge is 0.429 e. The zero-order valence-corrected chi connectivity index (χ0v) is 10.6. The fourth-order valence-corrected chi connectivity index (χ4v) is 2.47. The van der Waals surface area contributed by atoms with Crippen molar-refractivity contribution in [1.29, 1.82) is 0 Å². The number of nitrogens with one attached hydrogen (secondary N) is 2. The van der Waals surface area contributed by atoms with Crippen LogP contribution in [-0.4, -0.2) is 35.1 Å². The zero-order chi connectivity index (χ0) is 14.2. The lowest BCUT2D eigenvalue weighted by atomic mass is 9.93. The lowest BCUT2D eigenvalue weighted by Gasteiger charge is -2.39. The van der Waals surface area contributed by atoms with Gasteiger partial charge in [0.05, 0.1) is 11.7 Å². The third-order valence-corrected chi connectivity index (χ3v) is 3.59. The van der Waals surface area contributed by atoms with Crippen molar-refractivity contribution in [3.05, 3.63) is 24.4 Å². The third-order valence-electron chi connectivity index (χ3n) is 3.59. The van der Waals surface area contributed by atoms with E-state index in [4.69, 9.17) is 4.74 Å². The summed E-state index contributed by atoms with van der Waals surface area (Å²) >= 11 is 0. The molecule has 0 aliphatic carbocycles. The molecule has 1 fully saturated rings. The Morgan fingerprint density at radius 1 is 1.30 bits per heavy atom. The molecule has 108 valence electrons. The van der Waals surface area contributed by atoms with E-state index < -0.39 is 11.8 Å². The number of benzene rings is 1. The first-order chi connectivity index (χ1) is 9.50. The van der Waals surface area contributed by atoms with Gasteiger partial charge in [-0.15, -0.1) is 0 Å². The van der Waals surface area contributed by atoms with Crippen molar-refractivity contribution in [2.75, 3.05) is 13.1 Å². The molecule has 3 rings (SSSR count). The first-order valence-electron chi connectivity index (χ1n) is 6.40. The van der Waals surface area contributed by atoms with Gasteiger partial charge < -0.3 is 10.1 Å². The second-order valence-electron chi connectivity index (χ2n) is 4.99. The van der Waals surface area contributed by atoms with Gasteiger partial charge >= 0.3 is 6.18 Å². The lowest BCUT2D eigenvalue weighted by Crippen LogP contribution is -2.59. The van der Waals surface area contributed by atoms with E-state index in [-0.39, 0.29) is 18.7 Å². The number of fused-ring (bicyclic) bond motifs is 1. The Morgan fingerprint density at radius 3 is 2.85 bits per heavy atom. The van der Waals surface area contributed by atoms with Crippen LogP contribution in [0.15, 0.2) is 24.4 Å². The summed E-state index contributed by atoms with van der Waals surface area (Å²) in [6.07, 6.45) is -2.45. The standard InChI is InChI=1S/C13H14F3N3O/c14-13(15,16)12(4-1-5-17-8-12)20-10-2-3-11-9(6-10)7-18-19-11/h2-3,6-7,17H,1,4-5,8H2,(H,18,19). The molecule has 0 bridgehead atoms. The number of nitrogens with zero attached hydrogens (tertiary/aromatic N) is 1. The van der Waals surface area contributed by atoms with Gasteiger partial charge in [0.25, 0.3) is 0 Å². The zero-order valence-electron chi connectivity index (χ0n) is 10.6. The number of hydrogen-bond acceptors (Lipinski definition) is 3. The van der Waals surface area contributed by atoms with Gasteiger partial charge in [-0.25, -0.2) is 0 Å². The topological polar surface area (TPSA) is 49.9 Å². The molecule has 1 unspecified atom stereocenters. The van der Waals surface area contributed by atoms with E-state index in [2.05, 4.69) is 15.5 Å². The van der Waals surface area contributed by atoms with Crippen LogP contribution < -0.4 is 10.1 Å². The molecular weight excluding hydrogens is 271 g/mol. The molecule has 0 saturated carbocycles. The Labute approximate surface area is 113 Å². The van der Waals surface area contributed by atoms with E-state index in [1.807, 2.05) is 0 Å². The van der Waals surface area contributed by atoms with Crippen LogP contribution in [0, 0.1) is 0 Å². The molecule has 4 nitrogen and oxygen atoms in total. The summed E-state index contributed by atoms with van der Waals surface area (Å²) < 4.78 is 45.4. The molecule has 0 amide bonds. The number of aromatic amines is 1. The van der Waals surface area contributed by atoms with Gasteiger partial charge in [-0.2, -0.15) is 18.3 Å². The highest BCUT2D eigenvalue weighted by molar-refractivity contribution is 5.79. The van der Waals surface area contributed by atoms with Crippen molar-refractivity contribution in [3.8, 4) is 5.75 Å². The quantitative estimate of drug-likeness (QED) is 0.891. The van der Waals surface area contributed by atoms with Crippen LogP contribution in [0.3, 0.4) is 0 Å². The van der Waals surface area contributed by atoms with Crippen LogP contribution >= 0.6 is 0 Å². The molecule has 1 aromatic heterocycles. The van der Waals surface area contributed by atoms with E-state index in [0.717, 1.165) is 10.9 Å². The highest BCUT2D eigenvalue weighted by Gasteiger charge is 2.57. The lowest BCUT2D eigenvalue weighted by molar-refractivity contribution is -0.252. The molecule has 7 heteroatoms. The molecule has 2 heterocycles. The van der Waals surface area contributed by atoms with Crippen LogP contribution in [0.5, 0.6) is 5.75 Å². The summed E-state index contributed by atoms with van der Waals surface area (Å²) in [5, 5.41) is 10.1. The van der Waals surface area contributed by atoms with Crippen molar-refractivity contribution >= 4 is 10.9 Å². The van der Waals surface area contributed by atoms with E-state index in [9.17, 15) is 13.2 Å². The van der Waals surface area contributed by atoms with E-state index in [1.54, 1.807) is 18.3 Å². The Kier molecular flexibility index (Phi) is 3.08. The SMILES string of the molecule is FC(F)(F)C1(Oc2ccc3[nH]ncc3c2)CCCNC1. The summed E-state index contributed by atoms with van der Waals surface area (Å²) in [6, 6.07) is 4.77. The first kappa shape index (κ1) is 13.2. The fourth-order valence-electron chi connectivity index (χ4n) is 2.47. The van der Waals surface area contributed by atoms with Gasteiger partial charge in [-0.1, -0.05) is 0 Å². The van der Waals surface area contributed by atoms with Crippen LogP contribution in [0.2, 0.25) is 0 Å². The minimum Gasteiger partial charge on any atom is -0.476 e. The summed E-state index contributed by atoms with van der Waals surface area (Å²) in [6.45, 7) is 0.363. The van der Waals surface area contributed by atoms with Crippen LogP contribution in [-0.2, 0) is 0 Å². The number of hydrogen-bond donors (Lipinski definition) is 2. The van der Waals surface area contributed by atoms with Crippen molar-refractivity contribution in [2.24, 2.45) is 0 Å². The summed E-state index contributed by atoms with van der Waals surface area (Å²) in [7, 11) is 0. The number of piperidine rings is 1. The fraction of sp³-hybridized carbons (Fsp3) is 0.462. The molecular formula is C13H14F3N3O. The molecule has 20 heavy (non-hydrogen) atoms. The monoisotopic (exact) mass is 285 g/mol. The average Bonchev–Trinajstić information content (AvgIpc) is 2.86. The third kappa shape index (κ3) is 2.22. The predicted octanol–water partition coefficient (Wildman–Crippen LogP) is 2.63. The average molecular weight is 285 g/mol. The van der Waals surface area contributed by atoms with E-state index in [0.29, 0.717) is 13.0 Å². The van der Waals surface area contributed by atoms with Gasteiger partial charge in [0.15, 0.2) is 0 Å². The Hall–Kier alpha value is -1.76. The molecule has 0 radical (unpaired) electrons. The molecule has 2 N–H and O–H groups in total. The van der Waals surface area contributed by atoms with Gasteiger partial charge in [-0.3, -0.25) is 5.10 Å². The molecule has 0 spiro atoms. The van der Waals surface area contributed by atoms with Crippen LogP contribution in [0.25, 0.3) is 10.9 Å². The number of ether oxygens (including phenoxy) is 1. The van der Waals surface area contributed by atoms with Crippen molar-refractivity contribution in [1.82, 2.24) is 15.5 Å². The van der Waals surface area contributed by atoms with Crippen molar-refractivity contribution < 1.29 is 17.9 Å². The minimum atomic E-state index is -4.41. The summed E-state index contributed by atoms with van der Waals surface area (Å²) in [5.74, 6) is 0.208. The largest absolute Gasteiger partial charge is 0.476 e. The summed E-state index contributed by atoms with van der Waals surface area (Å²) in [4.78, 5) is 0. The predicted molar refractivity (Wildman–Crippen MR) is 67.6 cm³/mol. The Morgan fingerprint density at radius 2 is 2.15 bits per heavy atom. The number of aromatic nitrogens is 2. The van der Waals surface area contributed by atoms with Gasteiger partial charge in [0.2, 0.25) is 5.60 Å². The molecule has 1 saturated heterocycles. The van der Waals surface area contributed by atoms with Crippen molar-refractivity contribution in [3.63, 3.8) is 0 Å². The van der Waals surface area contributed by atoms with Crippen molar-refractivity contribution in [2.45, 2.75) is 24.6 Å². The molecule has 1 aliphatic rings. The minimum absolute atomic E-state index is 0.0348. The Balaban J connectivity index is 1.92. The number of rotatable bonds is 2. The molecule has 1 atom stereocenters. The second kappa shape index (κ2) is 4.66. The highest BCUT2D eigenvalue weighted by atomic mass is 19.4. The number of alkyl halides is 3. The summed E-state index contributed by atoms with van der Waals surface area (Å²) in [5.41, 5.74) is -1.39. The maximum Gasteiger partial charge on any atom is 0.429 e. The first-order valence-corrected chi connectivity index (χ1v) is 6.40. The van der Waals surface area contributed by atoms with E-state index in [1.165, 1.54) is 6.07 Å². The Bertz CT molecular complexity index is 602. The molecule has 1 aromatic carbocycles. The normalized spacial score (nSPS) is 23.9. The van der Waals surface area contributed by atoms with Gasteiger partial charge in [0.1, 0.15) is 5.75 Å². The van der Waals surface area contributed by atoms with Gasteiger partial charge in [-0.05, 0) is 37.6 Å². The molecule has 2 aromatic rings. The van der Waals surface area contributed by atoms with Gasteiger partial charge in [0, 0.05) is 11.9 Å². The maximum absolute atomic E-state index is 13.4. The van der Waals surface area contributed by atoms with Crippen LogP contribution in [0.4, 0.5) is 13.2 Å². The van der Waals surface area contributed by atoms with E-state index >= 15 is 0 Å². The highest BCUT2D eigenvalue weighted by Crippen LogP contribution is 2.39. The molecule has 1 aliphatic heterocycles. The number of H-pyrrole nitrogens is 1.